The van der Waals surface area contributed by atoms with Crippen LogP contribution in [0.2, 0.25) is 5.02 Å². The number of ether oxygens (including phenoxy) is 1. The van der Waals surface area contributed by atoms with Crippen LogP contribution in [0.1, 0.15) is 33.4 Å². The van der Waals surface area contributed by atoms with Crippen molar-refractivity contribution in [2.75, 3.05) is 0 Å². The van der Waals surface area contributed by atoms with Gasteiger partial charge in [-0.25, -0.2) is 0 Å². The van der Waals surface area contributed by atoms with Crippen molar-refractivity contribution in [1.29, 1.82) is 0 Å². The molecule has 3 aromatic rings. The molecule has 1 atom stereocenters. The molecule has 0 fully saturated rings. The van der Waals surface area contributed by atoms with Crippen LogP contribution in [0.5, 0.6) is 0 Å². The van der Waals surface area contributed by atoms with Gasteiger partial charge in [0.1, 0.15) is 6.10 Å². The molecule has 1 aliphatic heterocycles. The Morgan fingerprint density at radius 3 is 2.73 bits per heavy atom. The molecule has 4 rings (SSSR count). The van der Waals surface area contributed by atoms with E-state index in [9.17, 15) is 4.79 Å². The zero-order valence-electron chi connectivity index (χ0n) is 14.1. The van der Waals surface area contributed by atoms with Gasteiger partial charge >= 0.3 is 0 Å². The smallest absolute Gasteiger partial charge is 0.272 e. The molecular weight excluding hydrogens is 350 g/mol. The van der Waals surface area contributed by atoms with Crippen molar-refractivity contribution in [2.45, 2.75) is 25.8 Å². The normalized spacial score (nSPS) is 16.1. The Hall–Kier alpha value is -2.63. The van der Waals surface area contributed by atoms with Gasteiger partial charge in [0.05, 0.1) is 18.8 Å². The molecule has 1 amide bonds. The van der Waals surface area contributed by atoms with Crippen LogP contribution in [-0.4, -0.2) is 15.7 Å². The minimum absolute atomic E-state index is 0.0973. The first-order valence-electron chi connectivity index (χ1n) is 8.45. The monoisotopic (exact) mass is 367 g/mol. The number of aromatic nitrogens is 2. The number of nitrogens with zero attached hydrogens (tertiary/aromatic N) is 2. The molecule has 0 saturated heterocycles. The maximum Gasteiger partial charge on any atom is 0.272 e. The molecule has 5 nitrogen and oxygen atoms in total. The molecular formula is C20H18ClN3O2. The second-order valence-electron chi connectivity index (χ2n) is 6.22. The zero-order chi connectivity index (χ0) is 17.9. The largest absolute Gasteiger partial charge is 0.365 e. The summed E-state index contributed by atoms with van der Waals surface area (Å²) in [4.78, 5) is 12.4. The SMILES string of the molecule is O=C(NCc1ccccc1)c1cc2n(n1)C[C@@H](c1ccc(Cl)cc1)OC2. The summed E-state index contributed by atoms with van der Waals surface area (Å²) in [6.45, 7) is 1.47. The lowest BCUT2D eigenvalue weighted by molar-refractivity contribution is -0.00119. The van der Waals surface area contributed by atoms with E-state index < -0.39 is 0 Å². The lowest BCUT2D eigenvalue weighted by Crippen LogP contribution is -2.24. The van der Waals surface area contributed by atoms with E-state index in [1.54, 1.807) is 6.07 Å². The third kappa shape index (κ3) is 3.64. The molecule has 0 radical (unpaired) electrons. The van der Waals surface area contributed by atoms with Gasteiger partial charge in [0.25, 0.3) is 5.91 Å². The highest BCUT2D eigenvalue weighted by atomic mass is 35.5. The Kier molecular flexibility index (Phi) is 4.73. The number of carbonyl (C=O) groups excluding carboxylic acids is 1. The second-order valence-corrected chi connectivity index (χ2v) is 6.66. The Bertz CT molecular complexity index is 907. The second kappa shape index (κ2) is 7.32. The number of halogens is 1. The van der Waals surface area contributed by atoms with Gasteiger partial charge in [-0.1, -0.05) is 54.1 Å². The molecule has 1 aliphatic rings. The fraction of sp³-hybridized carbons (Fsp3) is 0.200. The molecule has 0 unspecified atom stereocenters. The van der Waals surface area contributed by atoms with Crippen LogP contribution in [0.4, 0.5) is 0 Å². The molecule has 6 heteroatoms. The maximum atomic E-state index is 12.4. The molecule has 2 aromatic carbocycles. The molecule has 1 N–H and O–H groups in total. The molecule has 0 saturated carbocycles. The predicted molar refractivity (Wildman–Crippen MR) is 98.8 cm³/mol. The fourth-order valence-corrected chi connectivity index (χ4v) is 3.11. The molecule has 2 heterocycles. The summed E-state index contributed by atoms with van der Waals surface area (Å²) in [6, 6.07) is 19.2. The number of fused-ring (bicyclic) bond motifs is 1. The predicted octanol–water partition coefficient (Wildman–Crippen LogP) is 3.74. The van der Waals surface area contributed by atoms with Crippen LogP contribution in [-0.2, 0) is 24.4 Å². The molecule has 0 bridgehead atoms. The van der Waals surface area contributed by atoms with Gasteiger partial charge in [0, 0.05) is 11.6 Å². The summed E-state index contributed by atoms with van der Waals surface area (Å²) >= 11 is 5.94. The van der Waals surface area contributed by atoms with Crippen molar-refractivity contribution < 1.29 is 9.53 Å². The zero-order valence-corrected chi connectivity index (χ0v) is 14.8. The summed E-state index contributed by atoms with van der Waals surface area (Å²) in [5, 5.41) is 8.05. The van der Waals surface area contributed by atoms with Crippen molar-refractivity contribution in [3.05, 3.63) is 88.2 Å². The topological polar surface area (TPSA) is 56.2 Å². The summed E-state index contributed by atoms with van der Waals surface area (Å²) in [6.07, 6.45) is -0.0973. The molecule has 0 aliphatic carbocycles. The first kappa shape index (κ1) is 16.8. The standard InChI is InChI=1S/C20H18ClN3O2/c21-16-8-6-15(7-9-16)19-12-24-17(13-26-19)10-18(23-24)20(25)22-11-14-4-2-1-3-5-14/h1-10,19H,11-13H2,(H,22,25)/t19-/m0/s1. The average Bonchev–Trinajstić information content (AvgIpc) is 3.11. The summed E-state index contributed by atoms with van der Waals surface area (Å²) in [5.74, 6) is -0.182. The quantitative estimate of drug-likeness (QED) is 0.764. The van der Waals surface area contributed by atoms with Crippen LogP contribution >= 0.6 is 11.6 Å². The van der Waals surface area contributed by atoms with E-state index in [4.69, 9.17) is 16.3 Å². The Balaban J connectivity index is 1.43. The van der Waals surface area contributed by atoms with Gasteiger partial charge in [0.15, 0.2) is 5.69 Å². The van der Waals surface area contributed by atoms with E-state index in [1.165, 1.54) is 0 Å². The first-order chi connectivity index (χ1) is 12.7. The first-order valence-corrected chi connectivity index (χ1v) is 8.83. The lowest BCUT2D eigenvalue weighted by Gasteiger charge is -2.24. The lowest BCUT2D eigenvalue weighted by atomic mass is 10.1. The van der Waals surface area contributed by atoms with Gasteiger partial charge < -0.3 is 10.1 Å². The summed E-state index contributed by atoms with van der Waals surface area (Å²) < 4.78 is 7.76. The van der Waals surface area contributed by atoms with Crippen molar-refractivity contribution in [3.63, 3.8) is 0 Å². The fourth-order valence-electron chi connectivity index (χ4n) is 2.98. The summed E-state index contributed by atoms with van der Waals surface area (Å²) in [5.41, 5.74) is 3.41. The van der Waals surface area contributed by atoms with E-state index in [0.29, 0.717) is 30.4 Å². The highest BCUT2D eigenvalue weighted by molar-refractivity contribution is 6.30. The third-order valence-corrected chi connectivity index (χ3v) is 4.66. The number of hydrogen-bond donors (Lipinski definition) is 1. The van der Waals surface area contributed by atoms with E-state index >= 15 is 0 Å². The van der Waals surface area contributed by atoms with Gasteiger partial charge in [-0.2, -0.15) is 5.10 Å². The molecule has 0 spiro atoms. The highest BCUT2D eigenvalue weighted by Gasteiger charge is 2.24. The van der Waals surface area contributed by atoms with E-state index in [2.05, 4.69) is 10.4 Å². The number of carbonyl (C=O) groups is 1. The minimum atomic E-state index is -0.182. The Morgan fingerprint density at radius 1 is 1.19 bits per heavy atom. The van der Waals surface area contributed by atoms with E-state index in [1.807, 2.05) is 59.3 Å². The molecule has 26 heavy (non-hydrogen) atoms. The van der Waals surface area contributed by atoms with Crippen LogP contribution in [0.25, 0.3) is 0 Å². The van der Waals surface area contributed by atoms with E-state index in [0.717, 1.165) is 16.8 Å². The van der Waals surface area contributed by atoms with Gasteiger partial charge in [0.2, 0.25) is 0 Å². The van der Waals surface area contributed by atoms with Crippen molar-refractivity contribution in [2.24, 2.45) is 0 Å². The summed E-state index contributed by atoms with van der Waals surface area (Å²) in [7, 11) is 0. The van der Waals surface area contributed by atoms with Crippen molar-refractivity contribution >= 4 is 17.5 Å². The van der Waals surface area contributed by atoms with Crippen molar-refractivity contribution in [1.82, 2.24) is 15.1 Å². The number of amides is 1. The van der Waals surface area contributed by atoms with Gasteiger partial charge in [-0.05, 0) is 29.3 Å². The Morgan fingerprint density at radius 2 is 1.96 bits per heavy atom. The number of benzene rings is 2. The van der Waals surface area contributed by atoms with Gasteiger partial charge in [-0.15, -0.1) is 0 Å². The minimum Gasteiger partial charge on any atom is -0.365 e. The third-order valence-electron chi connectivity index (χ3n) is 4.40. The van der Waals surface area contributed by atoms with E-state index in [-0.39, 0.29) is 12.0 Å². The molecule has 1 aromatic heterocycles. The van der Waals surface area contributed by atoms with Crippen LogP contribution in [0, 0.1) is 0 Å². The average molecular weight is 368 g/mol. The van der Waals surface area contributed by atoms with Crippen molar-refractivity contribution in [3.8, 4) is 0 Å². The van der Waals surface area contributed by atoms with Crippen LogP contribution in [0.15, 0.2) is 60.7 Å². The van der Waals surface area contributed by atoms with Crippen LogP contribution < -0.4 is 5.32 Å². The van der Waals surface area contributed by atoms with Gasteiger partial charge in [-0.3, -0.25) is 9.48 Å². The number of nitrogens with one attached hydrogen (secondary N) is 1. The van der Waals surface area contributed by atoms with Crippen LogP contribution in [0.3, 0.4) is 0 Å². The number of hydrogen-bond acceptors (Lipinski definition) is 3. The maximum absolute atomic E-state index is 12.4. The Labute approximate surface area is 156 Å². The highest BCUT2D eigenvalue weighted by Crippen LogP contribution is 2.27. The number of rotatable bonds is 4. The molecule has 132 valence electrons.